The van der Waals surface area contributed by atoms with Crippen molar-refractivity contribution in [3.63, 3.8) is 0 Å². The van der Waals surface area contributed by atoms with Crippen LogP contribution in [0.4, 0.5) is 5.00 Å². The number of aryl methyl sites for hydroxylation is 1. The summed E-state index contributed by atoms with van der Waals surface area (Å²) in [4.78, 5) is 24.1. The predicted octanol–water partition coefficient (Wildman–Crippen LogP) is 3.35. The Kier molecular flexibility index (Phi) is 5.04. The minimum Gasteiger partial charge on any atom is -0.545 e. The number of thiophene rings is 1. The van der Waals surface area contributed by atoms with E-state index in [4.69, 9.17) is 4.74 Å². The van der Waals surface area contributed by atoms with Crippen LogP contribution in [0.2, 0.25) is 0 Å². The van der Waals surface area contributed by atoms with Gasteiger partial charge >= 0.3 is 0 Å². The first kappa shape index (κ1) is 17.7. The quantitative estimate of drug-likeness (QED) is 0.751. The second-order valence-corrected chi connectivity index (χ2v) is 6.57. The highest BCUT2D eigenvalue weighted by Gasteiger charge is 2.17. The Labute approximate surface area is 154 Å². The minimum atomic E-state index is -1.34. The molecule has 2 aromatic carbocycles. The summed E-state index contributed by atoms with van der Waals surface area (Å²) in [7, 11) is 1.56. The Morgan fingerprint density at radius 1 is 1.04 bits per heavy atom. The van der Waals surface area contributed by atoms with Crippen molar-refractivity contribution < 1.29 is 19.4 Å². The number of nitrogens with one attached hydrogen (secondary N) is 1. The summed E-state index contributed by atoms with van der Waals surface area (Å²) in [6, 6.07) is 14.1. The Morgan fingerprint density at radius 3 is 2.27 bits per heavy atom. The lowest BCUT2D eigenvalue weighted by molar-refractivity contribution is -0.254. The fourth-order valence-electron chi connectivity index (χ4n) is 2.52. The van der Waals surface area contributed by atoms with Gasteiger partial charge in [0.25, 0.3) is 5.91 Å². The van der Waals surface area contributed by atoms with Crippen LogP contribution < -0.4 is 15.2 Å². The lowest BCUT2D eigenvalue weighted by Crippen LogP contribution is -2.24. The fraction of sp³-hybridized carbons (Fsp3) is 0.100. The summed E-state index contributed by atoms with van der Waals surface area (Å²) in [5.41, 5.74) is 2.67. The molecule has 0 fully saturated rings. The molecule has 0 spiro atoms. The van der Waals surface area contributed by atoms with Crippen LogP contribution in [0, 0.1) is 6.92 Å². The average molecular weight is 366 g/mol. The number of benzene rings is 2. The number of rotatable bonds is 5. The highest BCUT2D eigenvalue weighted by atomic mass is 32.1. The van der Waals surface area contributed by atoms with Crippen LogP contribution in [0.1, 0.15) is 26.3 Å². The molecule has 1 aromatic heterocycles. The summed E-state index contributed by atoms with van der Waals surface area (Å²) in [6.07, 6.45) is 0. The van der Waals surface area contributed by atoms with Crippen molar-refractivity contribution in [2.75, 3.05) is 12.4 Å². The molecule has 0 aliphatic carbocycles. The molecule has 0 aliphatic heterocycles. The van der Waals surface area contributed by atoms with Crippen LogP contribution in [0.5, 0.6) is 5.75 Å². The van der Waals surface area contributed by atoms with Gasteiger partial charge in [0.2, 0.25) is 0 Å². The van der Waals surface area contributed by atoms with Crippen molar-refractivity contribution >= 4 is 28.2 Å². The maximum Gasteiger partial charge on any atom is 0.256 e. The highest BCUT2D eigenvalue weighted by molar-refractivity contribution is 7.15. The third-order valence-corrected chi connectivity index (χ3v) is 4.83. The summed E-state index contributed by atoms with van der Waals surface area (Å²) in [6.45, 7) is 1.93. The molecule has 0 bridgehead atoms. The fourth-order valence-corrected chi connectivity index (χ4v) is 3.47. The lowest BCUT2D eigenvalue weighted by atomic mass is 10.0. The van der Waals surface area contributed by atoms with Crippen LogP contribution in [0.3, 0.4) is 0 Å². The monoisotopic (exact) mass is 366 g/mol. The molecule has 6 heteroatoms. The maximum atomic E-state index is 12.4. The number of hydrogen-bond acceptors (Lipinski definition) is 5. The van der Waals surface area contributed by atoms with E-state index in [0.29, 0.717) is 22.4 Å². The van der Waals surface area contributed by atoms with E-state index >= 15 is 0 Å². The molecule has 1 N–H and O–H groups in total. The molecule has 0 atom stereocenters. The molecule has 0 radical (unpaired) electrons. The summed E-state index contributed by atoms with van der Waals surface area (Å²) < 4.78 is 5.11. The van der Waals surface area contributed by atoms with E-state index in [1.54, 1.807) is 48.9 Å². The predicted molar refractivity (Wildman–Crippen MR) is 99.8 cm³/mol. The van der Waals surface area contributed by atoms with Gasteiger partial charge in [0.1, 0.15) is 10.8 Å². The number of ether oxygens (including phenoxy) is 1. The second-order valence-electron chi connectivity index (χ2n) is 5.69. The average Bonchev–Trinajstić information content (AvgIpc) is 3.06. The highest BCUT2D eigenvalue weighted by Crippen LogP contribution is 2.36. The zero-order valence-electron chi connectivity index (χ0n) is 14.2. The van der Waals surface area contributed by atoms with Gasteiger partial charge < -0.3 is 20.0 Å². The maximum absolute atomic E-state index is 12.4. The first-order chi connectivity index (χ1) is 12.5. The van der Waals surface area contributed by atoms with E-state index in [2.05, 4.69) is 5.32 Å². The molecule has 0 saturated carbocycles. The number of amides is 1. The number of carboxylic acid groups (broad SMARTS) is 1. The SMILES string of the molecule is COc1ccc(-c2csc(NC(=O)c3ccc(C)cc3)c2C(=O)[O-])cc1. The third kappa shape index (κ3) is 3.60. The van der Waals surface area contributed by atoms with Gasteiger partial charge in [0.15, 0.2) is 0 Å². The van der Waals surface area contributed by atoms with Gasteiger partial charge in [-0.05, 0) is 36.8 Å². The van der Waals surface area contributed by atoms with Gasteiger partial charge in [0.05, 0.1) is 13.1 Å². The van der Waals surface area contributed by atoms with Gasteiger partial charge in [-0.25, -0.2) is 0 Å². The largest absolute Gasteiger partial charge is 0.545 e. The molecule has 26 heavy (non-hydrogen) atoms. The molecule has 0 aliphatic rings. The Balaban J connectivity index is 1.93. The smallest absolute Gasteiger partial charge is 0.256 e. The van der Waals surface area contributed by atoms with Crippen molar-refractivity contribution in [1.82, 2.24) is 0 Å². The second kappa shape index (κ2) is 7.41. The summed E-state index contributed by atoms with van der Waals surface area (Å²) >= 11 is 1.15. The Bertz CT molecular complexity index is 943. The summed E-state index contributed by atoms with van der Waals surface area (Å²) in [5, 5.41) is 16.3. The zero-order valence-corrected chi connectivity index (χ0v) is 15.1. The summed E-state index contributed by atoms with van der Waals surface area (Å²) in [5.74, 6) is -1.03. The number of aromatic carboxylic acids is 1. The van der Waals surface area contributed by atoms with E-state index in [-0.39, 0.29) is 16.5 Å². The Hall–Kier alpha value is -3.12. The normalized spacial score (nSPS) is 10.4. The molecule has 5 nitrogen and oxygen atoms in total. The molecule has 3 aromatic rings. The molecule has 0 saturated heterocycles. The number of anilines is 1. The van der Waals surface area contributed by atoms with Gasteiger partial charge in [0, 0.05) is 22.1 Å². The zero-order chi connectivity index (χ0) is 18.7. The van der Waals surface area contributed by atoms with E-state index in [1.165, 1.54) is 0 Å². The number of hydrogen-bond donors (Lipinski definition) is 1. The van der Waals surface area contributed by atoms with Crippen molar-refractivity contribution in [2.45, 2.75) is 6.92 Å². The van der Waals surface area contributed by atoms with Crippen LogP contribution in [0.25, 0.3) is 11.1 Å². The van der Waals surface area contributed by atoms with Gasteiger partial charge in [-0.1, -0.05) is 29.8 Å². The molecule has 132 valence electrons. The molecule has 0 unspecified atom stereocenters. The Morgan fingerprint density at radius 2 is 1.69 bits per heavy atom. The van der Waals surface area contributed by atoms with Crippen molar-refractivity contribution in [3.05, 3.63) is 70.6 Å². The third-order valence-electron chi connectivity index (χ3n) is 3.94. The number of carboxylic acids is 1. The topological polar surface area (TPSA) is 78.5 Å². The van der Waals surface area contributed by atoms with E-state index < -0.39 is 5.97 Å². The van der Waals surface area contributed by atoms with E-state index in [1.807, 2.05) is 19.1 Å². The van der Waals surface area contributed by atoms with Gasteiger partial charge in [-0.3, -0.25) is 4.79 Å². The van der Waals surface area contributed by atoms with Crippen molar-refractivity contribution in [3.8, 4) is 16.9 Å². The molecule has 1 amide bonds. The van der Waals surface area contributed by atoms with Crippen molar-refractivity contribution in [1.29, 1.82) is 0 Å². The van der Waals surface area contributed by atoms with Crippen LogP contribution in [-0.2, 0) is 0 Å². The molecule has 3 rings (SSSR count). The van der Waals surface area contributed by atoms with Gasteiger partial charge in [-0.15, -0.1) is 11.3 Å². The molecular weight excluding hydrogens is 350 g/mol. The molecule has 1 heterocycles. The van der Waals surface area contributed by atoms with Crippen LogP contribution >= 0.6 is 11.3 Å². The lowest BCUT2D eigenvalue weighted by Gasteiger charge is -2.10. The first-order valence-corrected chi connectivity index (χ1v) is 8.73. The number of methoxy groups -OCH3 is 1. The number of carbonyl (C=O) groups is 2. The standard InChI is InChI=1S/C20H17NO4S/c1-12-3-5-14(6-4-12)18(22)21-19-17(20(23)24)16(11-26-19)13-7-9-15(25-2)10-8-13/h3-11H,1-2H3,(H,21,22)(H,23,24)/p-1. The minimum absolute atomic E-state index is 0.0272. The van der Waals surface area contributed by atoms with Crippen LogP contribution in [0.15, 0.2) is 53.9 Å². The van der Waals surface area contributed by atoms with Crippen LogP contribution in [-0.4, -0.2) is 19.0 Å². The number of carbonyl (C=O) groups excluding carboxylic acids is 2. The van der Waals surface area contributed by atoms with Gasteiger partial charge in [-0.2, -0.15) is 0 Å². The van der Waals surface area contributed by atoms with Crippen molar-refractivity contribution in [2.24, 2.45) is 0 Å². The molecular formula is C20H16NO4S-. The van der Waals surface area contributed by atoms with E-state index in [0.717, 1.165) is 16.9 Å². The first-order valence-electron chi connectivity index (χ1n) is 7.85. The van der Waals surface area contributed by atoms with E-state index in [9.17, 15) is 14.7 Å².